The highest BCUT2D eigenvalue weighted by atomic mass is 32.2. The smallest absolute Gasteiger partial charge is 0.240 e. The lowest BCUT2D eigenvalue weighted by Gasteiger charge is -2.19. The molecule has 0 aliphatic heterocycles. The molecular weight excluding hydrogens is 266 g/mol. The summed E-state index contributed by atoms with van der Waals surface area (Å²) in [6, 6.07) is 4.24. The third kappa shape index (κ3) is 3.33. The summed E-state index contributed by atoms with van der Waals surface area (Å²) >= 11 is 0. The van der Waals surface area contributed by atoms with Gasteiger partial charge in [-0.2, -0.15) is 0 Å². The minimum Gasteiger partial charge on any atom is -0.496 e. The monoisotopic (exact) mass is 285 g/mol. The van der Waals surface area contributed by atoms with Crippen LogP contribution in [0.3, 0.4) is 0 Å². The van der Waals surface area contributed by atoms with Gasteiger partial charge in [-0.15, -0.1) is 0 Å². The first-order chi connectivity index (χ1) is 8.63. The highest BCUT2D eigenvalue weighted by Crippen LogP contribution is 2.29. The molecule has 1 N–H and O–H groups in total. The van der Waals surface area contributed by atoms with Crippen LogP contribution in [-0.4, -0.2) is 28.4 Å². The Kier molecular flexibility index (Phi) is 4.37. The Balaban J connectivity index is 3.46. The number of rotatable bonds is 4. The third-order valence-electron chi connectivity index (χ3n) is 2.68. The van der Waals surface area contributed by atoms with Gasteiger partial charge in [0.25, 0.3) is 0 Å². The molecule has 0 heterocycles. The van der Waals surface area contributed by atoms with Crippen LogP contribution in [0.15, 0.2) is 23.1 Å². The molecule has 1 rings (SSSR count). The number of sulfonamides is 1. The first kappa shape index (κ1) is 15.7. The molecule has 0 atom stereocenters. The van der Waals surface area contributed by atoms with Crippen molar-refractivity contribution in [2.45, 2.75) is 25.7 Å². The number of nitrogens with one attached hydrogen (secondary N) is 1. The van der Waals surface area contributed by atoms with Gasteiger partial charge in [0.05, 0.1) is 17.6 Å². The quantitative estimate of drug-likeness (QED) is 0.857. The van der Waals surface area contributed by atoms with Crippen LogP contribution in [-0.2, 0) is 10.0 Å². The van der Waals surface area contributed by atoms with Crippen LogP contribution in [0.1, 0.15) is 31.1 Å². The summed E-state index contributed by atoms with van der Waals surface area (Å²) in [6.45, 7) is 5.32. The zero-order valence-corrected chi connectivity index (χ0v) is 12.6. The van der Waals surface area contributed by atoms with Gasteiger partial charge in [-0.25, -0.2) is 13.1 Å². The van der Waals surface area contributed by atoms with E-state index in [0.717, 1.165) is 0 Å². The molecule has 19 heavy (non-hydrogen) atoms. The molecule has 6 heteroatoms. The van der Waals surface area contributed by atoms with E-state index in [9.17, 15) is 13.2 Å². The minimum atomic E-state index is -3.58. The molecule has 0 aliphatic rings. The van der Waals surface area contributed by atoms with Gasteiger partial charge in [0, 0.05) is 5.41 Å². The van der Waals surface area contributed by atoms with Gasteiger partial charge in [0.1, 0.15) is 5.75 Å². The van der Waals surface area contributed by atoms with E-state index < -0.39 is 15.4 Å². The summed E-state index contributed by atoms with van der Waals surface area (Å²) in [4.78, 5) is 12.4. The molecule has 0 unspecified atom stereocenters. The first-order valence-electron chi connectivity index (χ1n) is 5.80. The van der Waals surface area contributed by atoms with Crippen molar-refractivity contribution in [3.63, 3.8) is 0 Å². The molecule has 0 spiro atoms. The van der Waals surface area contributed by atoms with E-state index in [1.165, 1.54) is 32.4 Å². The lowest BCUT2D eigenvalue weighted by atomic mass is 9.86. The molecule has 0 radical (unpaired) electrons. The van der Waals surface area contributed by atoms with Crippen molar-refractivity contribution in [3.8, 4) is 5.75 Å². The Labute approximate surface area is 114 Å². The minimum absolute atomic E-state index is 0.0448. The zero-order valence-electron chi connectivity index (χ0n) is 11.8. The summed E-state index contributed by atoms with van der Waals surface area (Å²) in [6.07, 6.45) is 0. The van der Waals surface area contributed by atoms with Crippen molar-refractivity contribution >= 4 is 15.8 Å². The van der Waals surface area contributed by atoms with Crippen molar-refractivity contribution < 1.29 is 17.9 Å². The molecule has 1 aromatic carbocycles. The fraction of sp³-hybridized carbons (Fsp3) is 0.462. The number of ketones is 1. The lowest BCUT2D eigenvalue weighted by molar-refractivity contribution is 0.0855. The Hall–Kier alpha value is -1.40. The summed E-state index contributed by atoms with van der Waals surface area (Å²) in [5.41, 5.74) is -0.346. The van der Waals surface area contributed by atoms with Crippen LogP contribution in [0.4, 0.5) is 0 Å². The van der Waals surface area contributed by atoms with E-state index in [1.54, 1.807) is 20.8 Å². The number of methoxy groups -OCH3 is 1. The van der Waals surface area contributed by atoms with Crippen LogP contribution < -0.4 is 9.46 Å². The number of Topliss-reactive ketones (excluding diaryl/α,β-unsaturated/α-hetero) is 1. The van der Waals surface area contributed by atoms with Crippen molar-refractivity contribution in [2.75, 3.05) is 14.2 Å². The second kappa shape index (κ2) is 5.30. The molecule has 0 amide bonds. The molecule has 106 valence electrons. The highest BCUT2D eigenvalue weighted by Gasteiger charge is 2.27. The zero-order chi connectivity index (χ0) is 14.8. The Morgan fingerprint density at radius 1 is 1.26 bits per heavy atom. The van der Waals surface area contributed by atoms with Crippen molar-refractivity contribution in [3.05, 3.63) is 23.8 Å². The summed E-state index contributed by atoms with van der Waals surface area (Å²) in [5.74, 6) is 0.201. The summed E-state index contributed by atoms with van der Waals surface area (Å²) in [7, 11) is -0.813. The molecule has 0 fully saturated rings. The van der Waals surface area contributed by atoms with E-state index in [4.69, 9.17) is 4.74 Å². The summed E-state index contributed by atoms with van der Waals surface area (Å²) in [5, 5.41) is 0. The number of benzene rings is 1. The van der Waals surface area contributed by atoms with Crippen molar-refractivity contribution in [2.24, 2.45) is 5.41 Å². The molecule has 0 saturated heterocycles. The van der Waals surface area contributed by atoms with Crippen LogP contribution in [0.25, 0.3) is 0 Å². The van der Waals surface area contributed by atoms with E-state index >= 15 is 0 Å². The average molecular weight is 285 g/mol. The maximum Gasteiger partial charge on any atom is 0.240 e. The fourth-order valence-corrected chi connectivity index (χ4v) is 2.31. The predicted molar refractivity (Wildman–Crippen MR) is 73.0 cm³/mol. The summed E-state index contributed by atoms with van der Waals surface area (Å²) < 4.78 is 30.9. The van der Waals surface area contributed by atoms with Crippen LogP contribution >= 0.6 is 0 Å². The normalized spacial score (nSPS) is 12.3. The van der Waals surface area contributed by atoms with E-state index in [2.05, 4.69) is 4.72 Å². The SMILES string of the molecule is CNS(=O)(=O)c1ccc(OC)c(C(=O)C(C)(C)C)c1. The highest BCUT2D eigenvalue weighted by molar-refractivity contribution is 7.89. The second-order valence-electron chi connectivity index (χ2n) is 5.15. The van der Waals surface area contributed by atoms with Gasteiger partial charge in [0.2, 0.25) is 10.0 Å². The molecule has 0 bridgehead atoms. The van der Waals surface area contributed by atoms with Gasteiger partial charge in [-0.3, -0.25) is 4.79 Å². The molecule has 1 aromatic rings. The molecule has 0 aliphatic carbocycles. The average Bonchev–Trinajstić information content (AvgIpc) is 2.35. The van der Waals surface area contributed by atoms with Gasteiger partial charge >= 0.3 is 0 Å². The van der Waals surface area contributed by atoms with E-state index in [0.29, 0.717) is 5.75 Å². The van der Waals surface area contributed by atoms with Gasteiger partial charge in [0.15, 0.2) is 5.78 Å². The van der Waals surface area contributed by atoms with Crippen molar-refractivity contribution in [1.29, 1.82) is 0 Å². The molecular formula is C13H19NO4S. The fourth-order valence-electron chi connectivity index (χ4n) is 1.55. The van der Waals surface area contributed by atoms with Gasteiger partial charge in [-0.05, 0) is 25.2 Å². The Morgan fingerprint density at radius 2 is 1.84 bits per heavy atom. The second-order valence-corrected chi connectivity index (χ2v) is 7.04. The van der Waals surface area contributed by atoms with Crippen molar-refractivity contribution in [1.82, 2.24) is 4.72 Å². The number of carbonyl (C=O) groups is 1. The first-order valence-corrected chi connectivity index (χ1v) is 7.28. The number of carbonyl (C=O) groups excluding carboxylic acids is 1. The maximum absolute atomic E-state index is 12.3. The predicted octanol–water partition coefficient (Wildman–Crippen LogP) is 1.83. The van der Waals surface area contributed by atoms with Gasteiger partial charge in [-0.1, -0.05) is 20.8 Å². The standard InChI is InChI=1S/C13H19NO4S/c1-13(2,3)12(15)10-8-9(19(16,17)14-4)6-7-11(10)18-5/h6-8,14H,1-5H3. The van der Waals surface area contributed by atoms with Gasteiger partial charge < -0.3 is 4.74 Å². The molecule has 0 aromatic heterocycles. The topological polar surface area (TPSA) is 72.5 Å². The maximum atomic E-state index is 12.3. The van der Waals surface area contributed by atoms with E-state index in [1.807, 2.05) is 0 Å². The lowest BCUT2D eigenvalue weighted by Crippen LogP contribution is -2.23. The van der Waals surface area contributed by atoms with Crippen LogP contribution in [0.5, 0.6) is 5.75 Å². The number of ether oxygens (including phenoxy) is 1. The van der Waals surface area contributed by atoms with Crippen LogP contribution in [0.2, 0.25) is 0 Å². The van der Waals surface area contributed by atoms with E-state index in [-0.39, 0.29) is 16.2 Å². The molecule has 5 nitrogen and oxygen atoms in total. The number of hydrogen-bond acceptors (Lipinski definition) is 4. The Bertz CT molecular complexity index is 585. The molecule has 0 saturated carbocycles. The largest absolute Gasteiger partial charge is 0.496 e. The van der Waals surface area contributed by atoms with Crippen LogP contribution in [0, 0.1) is 5.41 Å². The number of hydrogen-bond donors (Lipinski definition) is 1. The Morgan fingerprint density at radius 3 is 2.26 bits per heavy atom. The third-order valence-corrected chi connectivity index (χ3v) is 4.09.